The molecule has 1 heterocycles. The van der Waals surface area contributed by atoms with Gasteiger partial charge in [-0.15, -0.1) is 0 Å². The molecule has 0 aliphatic rings. The van der Waals surface area contributed by atoms with Crippen LogP contribution >= 0.6 is 0 Å². The average Bonchev–Trinajstić information content (AvgIpc) is 2.75. The summed E-state index contributed by atoms with van der Waals surface area (Å²) < 4.78 is 14.9. The Morgan fingerprint density at radius 2 is 2.26 bits per heavy atom. The third-order valence-corrected chi connectivity index (χ3v) is 2.74. The summed E-state index contributed by atoms with van der Waals surface area (Å²) >= 11 is 0. The van der Waals surface area contributed by atoms with Gasteiger partial charge in [0.15, 0.2) is 0 Å². The highest BCUT2D eigenvalue weighted by Crippen LogP contribution is 2.17. The number of rotatable bonds is 3. The van der Waals surface area contributed by atoms with Gasteiger partial charge in [0.25, 0.3) is 5.91 Å². The molecule has 6 heteroatoms. The molecule has 0 fully saturated rings. The highest BCUT2D eigenvalue weighted by Gasteiger charge is 2.14. The van der Waals surface area contributed by atoms with Crippen molar-refractivity contribution in [3.8, 4) is 0 Å². The van der Waals surface area contributed by atoms with Crippen LogP contribution < -0.4 is 11.1 Å². The van der Waals surface area contributed by atoms with Gasteiger partial charge in [-0.2, -0.15) is 5.10 Å². The zero-order valence-electron chi connectivity index (χ0n) is 10.8. The van der Waals surface area contributed by atoms with Gasteiger partial charge in [-0.05, 0) is 24.6 Å². The molecular formula is C13H15FN4O. The quantitative estimate of drug-likeness (QED) is 0.830. The minimum atomic E-state index is -0.556. The number of aromatic nitrogens is 2. The summed E-state index contributed by atoms with van der Waals surface area (Å²) in [5.74, 6) is -0.867. The number of benzene rings is 1. The maximum Gasteiger partial charge on any atom is 0.259 e. The number of halogens is 1. The Bertz CT molecular complexity index is 621. The number of amides is 1. The van der Waals surface area contributed by atoms with Crippen molar-refractivity contribution in [1.29, 1.82) is 0 Å². The Balaban J connectivity index is 2.22. The summed E-state index contributed by atoms with van der Waals surface area (Å²) in [6, 6.07) is 4.16. The molecule has 0 radical (unpaired) electrons. The molecule has 0 atom stereocenters. The third-order valence-electron chi connectivity index (χ3n) is 2.74. The molecule has 0 bridgehead atoms. The van der Waals surface area contributed by atoms with Crippen LogP contribution in [-0.4, -0.2) is 15.7 Å². The minimum Gasteiger partial charge on any atom is -0.396 e. The lowest BCUT2D eigenvalue weighted by Crippen LogP contribution is -2.13. The van der Waals surface area contributed by atoms with E-state index < -0.39 is 5.82 Å². The molecule has 100 valence electrons. The highest BCUT2D eigenvalue weighted by atomic mass is 19.1. The number of hydrogen-bond donors (Lipinski definition) is 2. The minimum absolute atomic E-state index is 0.0497. The summed E-state index contributed by atoms with van der Waals surface area (Å²) in [5, 5.41) is 6.81. The van der Waals surface area contributed by atoms with E-state index in [1.165, 1.54) is 12.1 Å². The van der Waals surface area contributed by atoms with E-state index in [2.05, 4.69) is 10.4 Å². The fourth-order valence-electron chi connectivity index (χ4n) is 1.79. The van der Waals surface area contributed by atoms with Gasteiger partial charge < -0.3 is 11.1 Å². The molecule has 0 saturated heterocycles. The molecule has 5 nitrogen and oxygen atoms in total. The van der Waals surface area contributed by atoms with Crippen LogP contribution in [0, 0.1) is 5.82 Å². The van der Waals surface area contributed by atoms with E-state index in [4.69, 9.17) is 5.73 Å². The fraction of sp³-hybridized carbons (Fsp3) is 0.231. The predicted molar refractivity (Wildman–Crippen MR) is 71.4 cm³/mol. The van der Waals surface area contributed by atoms with Crippen molar-refractivity contribution < 1.29 is 9.18 Å². The molecule has 2 rings (SSSR count). The average molecular weight is 262 g/mol. The topological polar surface area (TPSA) is 72.9 Å². The van der Waals surface area contributed by atoms with Crippen molar-refractivity contribution in [2.45, 2.75) is 13.3 Å². The van der Waals surface area contributed by atoms with Gasteiger partial charge in [0.2, 0.25) is 0 Å². The smallest absolute Gasteiger partial charge is 0.259 e. The Labute approximate surface area is 110 Å². The largest absolute Gasteiger partial charge is 0.396 e. The molecule has 1 aromatic carbocycles. The van der Waals surface area contributed by atoms with Gasteiger partial charge in [0.1, 0.15) is 5.82 Å². The van der Waals surface area contributed by atoms with Crippen molar-refractivity contribution in [2.75, 3.05) is 11.1 Å². The SMILES string of the molecule is CCc1nn(C)cc1C(=O)Nc1ccc(N)c(F)c1. The lowest BCUT2D eigenvalue weighted by atomic mass is 10.2. The number of hydrogen-bond acceptors (Lipinski definition) is 3. The van der Waals surface area contributed by atoms with Gasteiger partial charge in [-0.25, -0.2) is 4.39 Å². The Morgan fingerprint density at radius 3 is 2.89 bits per heavy atom. The van der Waals surface area contributed by atoms with Gasteiger partial charge in [0, 0.05) is 18.9 Å². The van der Waals surface area contributed by atoms with Crippen molar-refractivity contribution >= 4 is 17.3 Å². The zero-order chi connectivity index (χ0) is 14.0. The van der Waals surface area contributed by atoms with E-state index in [1.54, 1.807) is 24.0 Å². The number of aryl methyl sites for hydroxylation is 2. The van der Waals surface area contributed by atoms with E-state index in [9.17, 15) is 9.18 Å². The number of nitrogens with two attached hydrogens (primary N) is 1. The second-order valence-electron chi connectivity index (χ2n) is 4.21. The second-order valence-corrected chi connectivity index (χ2v) is 4.21. The summed E-state index contributed by atoms with van der Waals surface area (Å²) in [7, 11) is 1.75. The standard InChI is InChI=1S/C13H15FN4O/c1-3-12-9(7-18(2)17-12)13(19)16-8-4-5-11(15)10(14)6-8/h4-7H,3,15H2,1-2H3,(H,16,19). The fourth-order valence-corrected chi connectivity index (χ4v) is 1.79. The number of anilines is 2. The molecule has 0 saturated carbocycles. The summed E-state index contributed by atoms with van der Waals surface area (Å²) in [5.41, 5.74) is 6.98. The van der Waals surface area contributed by atoms with Crippen molar-refractivity contribution in [3.05, 3.63) is 41.5 Å². The van der Waals surface area contributed by atoms with Gasteiger partial charge in [-0.3, -0.25) is 9.48 Å². The van der Waals surface area contributed by atoms with E-state index in [-0.39, 0.29) is 11.6 Å². The number of nitrogens with one attached hydrogen (secondary N) is 1. The maximum absolute atomic E-state index is 13.3. The van der Waals surface area contributed by atoms with Crippen LogP contribution in [0.5, 0.6) is 0 Å². The Morgan fingerprint density at radius 1 is 1.53 bits per heavy atom. The molecule has 2 aromatic rings. The van der Waals surface area contributed by atoms with E-state index in [0.29, 0.717) is 23.4 Å². The van der Waals surface area contributed by atoms with Crippen LogP contribution in [0.25, 0.3) is 0 Å². The molecule has 0 aliphatic heterocycles. The number of carbonyl (C=O) groups is 1. The van der Waals surface area contributed by atoms with Crippen LogP contribution in [0.4, 0.5) is 15.8 Å². The summed E-state index contributed by atoms with van der Waals surface area (Å²) in [6.45, 7) is 1.92. The first-order valence-corrected chi connectivity index (χ1v) is 5.90. The second kappa shape index (κ2) is 5.09. The lowest BCUT2D eigenvalue weighted by molar-refractivity contribution is 0.102. The molecule has 0 aliphatic carbocycles. The van der Waals surface area contributed by atoms with Crippen molar-refractivity contribution in [3.63, 3.8) is 0 Å². The normalized spacial score (nSPS) is 10.5. The van der Waals surface area contributed by atoms with Crippen LogP contribution in [0.15, 0.2) is 24.4 Å². The first-order valence-electron chi connectivity index (χ1n) is 5.90. The van der Waals surface area contributed by atoms with E-state index >= 15 is 0 Å². The predicted octanol–water partition coefficient (Wildman–Crippen LogP) is 1.96. The Hall–Kier alpha value is -2.37. The van der Waals surface area contributed by atoms with Crippen LogP contribution in [0.1, 0.15) is 23.0 Å². The van der Waals surface area contributed by atoms with Crippen molar-refractivity contribution in [2.24, 2.45) is 7.05 Å². The van der Waals surface area contributed by atoms with Crippen LogP contribution in [-0.2, 0) is 13.5 Å². The third kappa shape index (κ3) is 2.73. The molecule has 1 amide bonds. The van der Waals surface area contributed by atoms with Crippen molar-refractivity contribution in [1.82, 2.24) is 9.78 Å². The van der Waals surface area contributed by atoms with Gasteiger partial charge >= 0.3 is 0 Å². The highest BCUT2D eigenvalue weighted by molar-refractivity contribution is 6.05. The summed E-state index contributed by atoms with van der Waals surface area (Å²) in [4.78, 5) is 12.1. The first kappa shape index (κ1) is 13.1. The Kier molecular flexibility index (Phi) is 3.50. The maximum atomic E-state index is 13.3. The molecule has 0 unspecified atom stereocenters. The molecular weight excluding hydrogens is 247 g/mol. The number of nitrogens with zero attached hydrogens (tertiary/aromatic N) is 2. The molecule has 19 heavy (non-hydrogen) atoms. The van der Waals surface area contributed by atoms with E-state index in [0.717, 1.165) is 0 Å². The zero-order valence-corrected chi connectivity index (χ0v) is 10.8. The molecule has 3 N–H and O–H groups in total. The number of carbonyl (C=O) groups excluding carboxylic acids is 1. The van der Waals surface area contributed by atoms with Gasteiger partial charge in [-0.1, -0.05) is 6.92 Å². The van der Waals surface area contributed by atoms with Crippen LogP contribution in [0.2, 0.25) is 0 Å². The summed E-state index contributed by atoms with van der Waals surface area (Å²) in [6.07, 6.45) is 2.29. The number of nitrogen functional groups attached to an aromatic ring is 1. The van der Waals surface area contributed by atoms with E-state index in [1.807, 2.05) is 6.92 Å². The monoisotopic (exact) mass is 262 g/mol. The van der Waals surface area contributed by atoms with Gasteiger partial charge in [0.05, 0.1) is 16.9 Å². The molecule has 1 aromatic heterocycles. The van der Waals surface area contributed by atoms with Crippen LogP contribution in [0.3, 0.4) is 0 Å². The first-order chi connectivity index (χ1) is 9.01. The lowest BCUT2D eigenvalue weighted by Gasteiger charge is -2.05. The molecule has 0 spiro atoms.